The van der Waals surface area contributed by atoms with Crippen LogP contribution in [0.3, 0.4) is 0 Å². The van der Waals surface area contributed by atoms with Gasteiger partial charge in [0, 0.05) is 5.54 Å². The number of rotatable bonds is 0. The van der Waals surface area contributed by atoms with E-state index in [1.165, 1.54) is 38.5 Å². The summed E-state index contributed by atoms with van der Waals surface area (Å²) in [5, 5.41) is 0. The third-order valence-electron chi connectivity index (χ3n) is 5.14. The van der Waals surface area contributed by atoms with Crippen LogP contribution in [-0.2, 0) is 0 Å². The molecule has 4 aliphatic rings. The largest absolute Gasteiger partial charge is 0.325 e. The van der Waals surface area contributed by atoms with Crippen LogP contribution in [0.2, 0.25) is 0 Å². The molecule has 4 rings (SSSR count). The Hall–Kier alpha value is -0.0400. The van der Waals surface area contributed by atoms with Crippen LogP contribution >= 0.6 is 0 Å². The standard InChI is InChI=1S/C12H21N/c1-12(13)7-8-5-6-11(12)10-4-2-3-9(8)10/h8-11H,2-7,13H2,1H3. The van der Waals surface area contributed by atoms with Crippen molar-refractivity contribution in [1.82, 2.24) is 0 Å². The lowest BCUT2D eigenvalue weighted by atomic mass is 9.53. The van der Waals surface area contributed by atoms with Gasteiger partial charge in [-0.05, 0) is 62.7 Å². The van der Waals surface area contributed by atoms with E-state index < -0.39 is 0 Å². The van der Waals surface area contributed by atoms with E-state index in [-0.39, 0.29) is 5.54 Å². The summed E-state index contributed by atoms with van der Waals surface area (Å²) in [7, 11) is 0. The van der Waals surface area contributed by atoms with Crippen molar-refractivity contribution in [3.63, 3.8) is 0 Å². The third kappa shape index (κ3) is 1.03. The Labute approximate surface area is 81.1 Å². The zero-order chi connectivity index (χ0) is 9.05. The Bertz CT molecular complexity index is 221. The van der Waals surface area contributed by atoms with Gasteiger partial charge in [-0.3, -0.25) is 0 Å². The average Bonchev–Trinajstić information content (AvgIpc) is 2.51. The normalized spacial score (nSPS) is 59.5. The third-order valence-corrected chi connectivity index (χ3v) is 5.14. The number of nitrogens with two attached hydrogens (primary N) is 1. The van der Waals surface area contributed by atoms with Crippen LogP contribution in [-0.4, -0.2) is 5.54 Å². The second-order valence-corrected chi connectivity index (χ2v) is 5.91. The minimum atomic E-state index is 0.189. The molecule has 4 aliphatic carbocycles. The van der Waals surface area contributed by atoms with Gasteiger partial charge in [0.1, 0.15) is 0 Å². The molecule has 0 aliphatic heterocycles. The van der Waals surface area contributed by atoms with Gasteiger partial charge in [-0.2, -0.15) is 0 Å². The van der Waals surface area contributed by atoms with Crippen molar-refractivity contribution in [2.75, 3.05) is 0 Å². The molecule has 0 aromatic rings. The second-order valence-electron chi connectivity index (χ2n) is 5.91. The quantitative estimate of drug-likeness (QED) is 0.607. The molecule has 5 atom stereocenters. The Morgan fingerprint density at radius 1 is 1.08 bits per heavy atom. The van der Waals surface area contributed by atoms with Gasteiger partial charge in [-0.25, -0.2) is 0 Å². The molecule has 0 heterocycles. The fraction of sp³-hybridized carbons (Fsp3) is 1.00. The summed E-state index contributed by atoms with van der Waals surface area (Å²) in [5.41, 5.74) is 6.61. The summed E-state index contributed by atoms with van der Waals surface area (Å²) in [6, 6.07) is 0. The number of hydrogen-bond acceptors (Lipinski definition) is 1. The van der Waals surface area contributed by atoms with Gasteiger partial charge >= 0.3 is 0 Å². The summed E-state index contributed by atoms with van der Waals surface area (Å²) in [5.74, 6) is 3.95. The van der Waals surface area contributed by atoms with Crippen LogP contribution in [0.15, 0.2) is 0 Å². The van der Waals surface area contributed by atoms with Crippen molar-refractivity contribution in [3.05, 3.63) is 0 Å². The molecule has 0 aromatic heterocycles. The first-order chi connectivity index (χ1) is 6.18. The molecule has 1 nitrogen and oxygen atoms in total. The van der Waals surface area contributed by atoms with Gasteiger partial charge < -0.3 is 5.73 Å². The first kappa shape index (κ1) is 8.28. The topological polar surface area (TPSA) is 26.0 Å². The van der Waals surface area contributed by atoms with E-state index >= 15 is 0 Å². The van der Waals surface area contributed by atoms with Crippen molar-refractivity contribution < 1.29 is 0 Å². The van der Waals surface area contributed by atoms with E-state index in [0.29, 0.717) is 0 Å². The lowest BCUT2D eigenvalue weighted by Crippen LogP contribution is -2.57. The van der Waals surface area contributed by atoms with Gasteiger partial charge in [-0.15, -0.1) is 0 Å². The van der Waals surface area contributed by atoms with Crippen molar-refractivity contribution in [2.45, 2.75) is 51.0 Å². The fourth-order valence-corrected chi connectivity index (χ4v) is 4.71. The van der Waals surface area contributed by atoms with Crippen molar-refractivity contribution >= 4 is 0 Å². The number of hydrogen-bond donors (Lipinski definition) is 1. The molecule has 0 amide bonds. The predicted molar refractivity (Wildman–Crippen MR) is 54.3 cm³/mol. The average molecular weight is 179 g/mol. The van der Waals surface area contributed by atoms with Crippen LogP contribution in [0.4, 0.5) is 0 Å². The molecule has 4 saturated carbocycles. The van der Waals surface area contributed by atoms with Crippen molar-refractivity contribution in [1.29, 1.82) is 0 Å². The summed E-state index contributed by atoms with van der Waals surface area (Å²) in [6.07, 6.45) is 8.72. The van der Waals surface area contributed by atoms with Gasteiger partial charge in [0.05, 0.1) is 0 Å². The highest BCUT2D eigenvalue weighted by Crippen LogP contribution is 2.58. The minimum Gasteiger partial charge on any atom is -0.325 e. The summed E-state index contributed by atoms with van der Waals surface area (Å²) >= 11 is 0. The highest BCUT2D eigenvalue weighted by molar-refractivity contribution is 5.06. The van der Waals surface area contributed by atoms with Crippen LogP contribution in [0, 0.1) is 23.7 Å². The predicted octanol–water partition coefficient (Wildman–Crippen LogP) is 2.55. The maximum atomic E-state index is 6.42. The van der Waals surface area contributed by atoms with Crippen molar-refractivity contribution in [3.8, 4) is 0 Å². The Balaban J connectivity index is 1.94. The second kappa shape index (κ2) is 2.50. The highest BCUT2D eigenvalue weighted by atomic mass is 14.8. The Kier molecular flexibility index (Phi) is 1.59. The molecule has 2 bridgehead atoms. The zero-order valence-electron chi connectivity index (χ0n) is 8.63. The smallest absolute Gasteiger partial charge is 0.0159 e. The van der Waals surface area contributed by atoms with Gasteiger partial charge in [0.25, 0.3) is 0 Å². The van der Waals surface area contributed by atoms with E-state index in [4.69, 9.17) is 5.73 Å². The van der Waals surface area contributed by atoms with Gasteiger partial charge in [-0.1, -0.05) is 6.42 Å². The summed E-state index contributed by atoms with van der Waals surface area (Å²) in [6.45, 7) is 2.30. The highest BCUT2D eigenvalue weighted by Gasteiger charge is 2.53. The first-order valence-corrected chi connectivity index (χ1v) is 5.97. The SMILES string of the molecule is CC1(N)CC2CCC1C1CCCC21. The molecule has 0 aromatic carbocycles. The lowest BCUT2D eigenvalue weighted by Gasteiger charge is -2.54. The number of fused-ring (bicyclic) bond motifs is 2. The van der Waals surface area contributed by atoms with Crippen LogP contribution in [0.25, 0.3) is 0 Å². The molecule has 2 N–H and O–H groups in total. The zero-order valence-corrected chi connectivity index (χ0v) is 8.63. The molecule has 0 radical (unpaired) electrons. The van der Waals surface area contributed by atoms with E-state index in [1.807, 2.05) is 0 Å². The molecule has 13 heavy (non-hydrogen) atoms. The molecule has 0 spiro atoms. The minimum absolute atomic E-state index is 0.189. The van der Waals surface area contributed by atoms with E-state index in [1.54, 1.807) is 0 Å². The van der Waals surface area contributed by atoms with E-state index in [2.05, 4.69) is 6.92 Å². The molecule has 5 unspecified atom stereocenters. The maximum Gasteiger partial charge on any atom is 0.0159 e. The molecule has 74 valence electrons. The first-order valence-electron chi connectivity index (χ1n) is 5.97. The van der Waals surface area contributed by atoms with E-state index in [0.717, 1.165) is 23.7 Å². The molecular weight excluding hydrogens is 158 g/mol. The van der Waals surface area contributed by atoms with Crippen LogP contribution in [0.1, 0.15) is 45.4 Å². The maximum absolute atomic E-state index is 6.42. The van der Waals surface area contributed by atoms with E-state index in [9.17, 15) is 0 Å². The monoisotopic (exact) mass is 179 g/mol. The summed E-state index contributed by atoms with van der Waals surface area (Å²) < 4.78 is 0. The van der Waals surface area contributed by atoms with Gasteiger partial charge in [0.2, 0.25) is 0 Å². The van der Waals surface area contributed by atoms with Gasteiger partial charge in [0.15, 0.2) is 0 Å². The molecular formula is C12H21N. The molecule has 0 saturated heterocycles. The summed E-state index contributed by atoms with van der Waals surface area (Å²) in [4.78, 5) is 0. The van der Waals surface area contributed by atoms with Crippen molar-refractivity contribution in [2.24, 2.45) is 29.4 Å². The molecule has 4 fully saturated rings. The fourth-order valence-electron chi connectivity index (χ4n) is 4.71. The lowest BCUT2D eigenvalue weighted by molar-refractivity contribution is -0.0165. The molecule has 1 heteroatoms. The Morgan fingerprint density at radius 3 is 2.62 bits per heavy atom. The van der Waals surface area contributed by atoms with Crippen LogP contribution < -0.4 is 5.73 Å². The van der Waals surface area contributed by atoms with Crippen LogP contribution in [0.5, 0.6) is 0 Å². The Morgan fingerprint density at radius 2 is 1.85 bits per heavy atom.